The van der Waals surface area contributed by atoms with E-state index >= 15 is 0 Å². The lowest BCUT2D eigenvalue weighted by Crippen LogP contribution is -2.20. The predicted molar refractivity (Wildman–Crippen MR) is 129 cm³/mol. The Balaban J connectivity index is 1.63. The molecule has 0 aliphatic rings. The fourth-order valence-electron chi connectivity index (χ4n) is 2.98. The Hall–Kier alpha value is -3.36. The maximum absolute atomic E-state index is 12.5. The second-order valence-corrected chi connectivity index (χ2v) is 9.91. The summed E-state index contributed by atoms with van der Waals surface area (Å²) in [6.07, 6.45) is 1.07. The van der Waals surface area contributed by atoms with E-state index in [4.69, 9.17) is 16.3 Å². The quantitative estimate of drug-likeness (QED) is 0.507. The van der Waals surface area contributed by atoms with Crippen molar-refractivity contribution < 1.29 is 22.7 Å². The highest BCUT2D eigenvalue weighted by molar-refractivity contribution is 7.90. The lowest BCUT2D eigenvalue weighted by molar-refractivity contribution is -0.118. The summed E-state index contributed by atoms with van der Waals surface area (Å²) in [5, 5.41) is 5.54. The van der Waals surface area contributed by atoms with Crippen molar-refractivity contribution in [3.05, 3.63) is 82.4 Å². The highest BCUT2D eigenvalue weighted by Gasteiger charge is 2.14. The third kappa shape index (κ3) is 6.34. The molecule has 0 atom stereocenters. The van der Waals surface area contributed by atoms with Gasteiger partial charge in [-0.25, -0.2) is 8.42 Å². The summed E-state index contributed by atoms with van der Waals surface area (Å²) in [6.45, 7) is 3.72. The molecule has 0 fully saturated rings. The Labute approximate surface area is 197 Å². The van der Waals surface area contributed by atoms with E-state index in [2.05, 4.69) is 10.6 Å². The predicted octanol–water partition coefficient (Wildman–Crippen LogP) is 4.63. The number of aryl methyl sites for hydroxylation is 1. The summed E-state index contributed by atoms with van der Waals surface area (Å²) in [5.74, 6) is -0.233. The molecule has 2 amide bonds. The number of ether oxygens (including phenoxy) is 1. The Morgan fingerprint density at radius 1 is 0.970 bits per heavy atom. The minimum Gasteiger partial charge on any atom is -0.483 e. The normalized spacial score (nSPS) is 11.0. The summed E-state index contributed by atoms with van der Waals surface area (Å²) in [6, 6.07) is 16.0. The van der Waals surface area contributed by atoms with Gasteiger partial charge in [-0.3, -0.25) is 9.59 Å². The second-order valence-electron chi connectivity index (χ2n) is 7.48. The van der Waals surface area contributed by atoms with Crippen LogP contribution in [0, 0.1) is 13.8 Å². The van der Waals surface area contributed by atoms with Gasteiger partial charge in [-0.15, -0.1) is 0 Å². The van der Waals surface area contributed by atoms with Gasteiger partial charge in [-0.05, 0) is 67.4 Å². The van der Waals surface area contributed by atoms with Crippen LogP contribution in [0.15, 0.2) is 65.6 Å². The number of halogens is 1. The molecule has 0 aliphatic carbocycles. The molecular formula is C24H23ClN2O5S. The molecule has 0 unspecified atom stereocenters. The van der Waals surface area contributed by atoms with E-state index in [0.29, 0.717) is 17.1 Å². The zero-order valence-electron chi connectivity index (χ0n) is 18.3. The highest BCUT2D eigenvalue weighted by Crippen LogP contribution is 2.26. The van der Waals surface area contributed by atoms with Gasteiger partial charge in [0.2, 0.25) is 0 Å². The molecule has 0 heterocycles. The van der Waals surface area contributed by atoms with E-state index in [1.165, 1.54) is 30.3 Å². The largest absolute Gasteiger partial charge is 0.483 e. The van der Waals surface area contributed by atoms with Gasteiger partial charge in [0.25, 0.3) is 11.8 Å². The highest BCUT2D eigenvalue weighted by atomic mass is 35.5. The maximum atomic E-state index is 12.5. The summed E-state index contributed by atoms with van der Waals surface area (Å²) in [4.78, 5) is 24.8. The van der Waals surface area contributed by atoms with Crippen molar-refractivity contribution in [1.29, 1.82) is 0 Å². The van der Waals surface area contributed by atoms with Gasteiger partial charge in [-0.2, -0.15) is 0 Å². The number of carbonyl (C=O) groups is 2. The average molecular weight is 487 g/mol. The lowest BCUT2D eigenvalue weighted by atomic mass is 10.1. The van der Waals surface area contributed by atoms with Gasteiger partial charge < -0.3 is 15.4 Å². The van der Waals surface area contributed by atoms with E-state index in [9.17, 15) is 18.0 Å². The van der Waals surface area contributed by atoms with Crippen LogP contribution in [0.25, 0.3) is 0 Å². The molecule has 0 radical (unpaired) electrons. The first kappa shape index (κ1) is 24.3. The second kappa shape index (κ2) is 10.1. The molecule has 3 rings (SSSR count). The first-order valence-electron chi connectivity index (χ1n) is 9.94. The number of hydrogen-bond donors (Lipinski definition) is 2. The fraction of sp³-hybridized carbons (Fsp3) is 0.167. The van der Waals surface area contributed by atoms with Crippen LogP contribution in [0.5, 0.6) is 5.75 Å². The summed E-state index contributed by atoms with van der Waals surface area (Å²) in [7, 11) is -3.44. The van der Waals surface area contributed by atoms with Crippen molar-refractivity contribution >= 4 is 44.6 Å². The third-order valence-electron chi connectivity index (χ3n) is 4.94. The van der Waals surface area contributed by atoms with Crippen LogP contribution in [0.1, 0.15) is 21.5 Å². The van der Waals surface area contributed by atoms with E-state index < -0.39 is 15.7 Å². The Morgan fingerprint density at radius 3 is 2.39 bits per heavy atom. The molecular weight excluding hydrogens is 464 g/mol. The SMILES string of the molecule is Cc1cccc(OCC(=O)Nc2ccc(NC(=O)c3cccc(S(C)(=O)=O)c3)c(Cl)c2)c1C. The van der Waals surface area contributed by atoms with Crippen LogP contribution in [0.4, 0.5) is 11.4 Å². The van der Waals surface area contributed by atoms with Gasteiger partial charge in [-0.1, -0.05) is 29.8 Å². The van der Waals surface area contributed by atoms with Crippen LogP contribution in [-0.4, -0.2) is 33.1 Å². The maximum Gasteiger partial charge on any atom is 0.262 e. The molecule has 0 aliphatic heterocycles. The molecule has 172 valence electrons. The van der Waals surface area contributed by atoms with E-state index in [-0.39, 0.29) is 28.0 Å². The molecule has 0 saturated heterocycles. The number of sulfone groups is 1. The number of carbonyl (C=O) groups excluding carboxylic acids is 2. The van der Waals surface area contributed by atoms with Crippen LogP contribution in [0.2, 0.25) is 5.02 Å². The van der Waals surface area contributed by atoms with Crippen LogP contribution in [0.3, 0.4) is 0 Å². The van der Waals surface area contributed by atoms with E-state index in [1.807, 2.05) is 26.0 Å². The number of anilines is 2. The minimum atomic E-state index is -3.44. The van der Waals surface area contributed by atoms with Crippen molar-refractivity contribution in [2.45, 2.75) is 18.7 Å². The molecule has 0 spiro atoms. The molecule has 0 bridgehead atoms. The summed E-state index contributed by atoms with van der Waals surface area (Å²) in [5.41, 5.74) is 2.97. The molecule has 0 aromatic heterocycles. The third-order valence-corrected chi connectivity index (χ3v) is 6.36. The van der Waals surface area contributed by atoms with E-state index in [1.54, 1.807) is 18.2 Å². The van der Waals surface area contributed by atoms with Crippen LogP contribution >= 0.6 is 11.6 Å². The first-order valence-corrected chi connectivity index (χ1v) is 12.2. The van der Waals surface area contributed by atoms with Gasteiger partial charge in [0, 0.05) is 17.5 Å². The zero-order chi connectivity index (χ0) is 24.2. The van der Waals surface area contributed by atoms with E-state index in [0.717, 1.165) is 17.4 Å². The van der Waals surface area contributed by atoms with Crippen LogP contribution in [-0.2, 0) is 14.6 Å². The summed E-state index contributed by atoms with van der Waals surface area (Å²) >= 11 is 6.27. The minimum absolute atomic E-state index is 0.0439. The molecule has 7 nitrogen and oxygen atoms in total. The molecule has 2 N–H and O–H groups in total. The Bertz CT molecular complexity index is 1320. The molecule has 3 aromatic carbocycles. The Kier molecular flexibility index (Phi) is 7.40. The van der Waals surface area contributed by atoms with Gasteiger partial charge in [0.1, 0.15) is 5.75 Å². The smallest absolute Gasteiger partial charge is 0.262 e. The number of hydrogen-bond acceptors (Lipinski definition) is 5. The van der Waals surface area contributed by atoms with Crippen molar-refractivity contribution in [1.82, 2.24) is 0 Å². The standard InChI is InChI=1S/C24H23ClN2O5S/c1-15-6-4-9-22(16(15)2)32-14-23(28)26-18-10-11-21(20(25)13-18)27-24(29)17-7-5-8-19(12-17)33(3,30)31/h4-13H,14H2,1-3H3,(H,26,28)(H,27,29). The van der Waals surface area contributed by atoms with Gasteiger partial charge in [0.05, 0.1) is 15.6 Å². The van der Waals surface area contributed by atoms with Crippen molar-refractivity contribution in [3.63, 3.8) is 0 Å². The number of benzene rings is 3. The van der Waals surface area contributed by atoms with Crippen molar-refractivity contribution in [2.75, 3.05) is 23.5 Å². The number of amides is 2. The topological polar surface area (TPSA) is 102 Å². The Morgan fingerprint density at radius 2 is 1.70 bits per heavy atom. The van der Waals surface area contributed by atoms with Gasteiger partial charge >= 0.3 is 0 Å². The zero-order valence-corrected chi connectivity index (χ0v) is 19.9. The van der Waals surface area contributed by atoms with Crippen LogP contribution < -0.4 is 15.4 Å². The molecule has 3 aromatic rings. The number of rotatable bonds is 7. The molecule has 33 heavy (non-hydrogen) atoms. The molecule has 0 saturated carbocycles. The first-order chi connectivity index (χ1) is 15.5. The monoisotopic (exact) mass is 486 g/mol. The number of nitrogens with one attached hydrogen (secondary N) is 2. The fourth-order valence-corrected chi connectivity index (χ4v) is 3.87. The lowest BCUT2D eigenvalue weighted by Gasteiger charge is -2.12. The summed E-state index contributed by atoms with van der Waals surface area (Å²) < 4.78 is 29.0. The average Bonchev–Trinajstić information content (AvgIpc) is 2.76. The van der Waals surface area contributed by atoms with Crippen molar-refractivity contribution in [3.8, 4) is 5.75 Å². The van der Waals surface area contributed by atoms with Gasteiger partial charge in [0.15, 0.2) is 16.4 Å². The van der Waals surface area contributed by atoms with Crippen molar-refractivity contribution in [2.24, 2.45) is 0 Å². The molecule has 9 heteroatoms.